The molecule has 0 radical (unpaired) electrons. The van der Waals surface area contributed by atoms with Gasteiger partial charge in [0.05, 0.1) is 16.4 Å². The summed E-state index contributed by atoms with van der Waals surface area (Å²) in [4.78, 5) is 25.7. The van der Waals surface area contributed by atoms with Gasteiger partial charge in [0.25, 0.3) is 0 Å². The van der Waals surface area contributed by atoms with E-state index in [0.717, 1.165) is 48.8 Å². The monoisotopic (exact) mass is 520 g/mol. The van der Waals surface area contributed by atoms with Gasteiger partial charge in [-0.05, 0) is 69.6 Å². The van der Waals surface area contributed by atoms with E-state index in [2.05, 4.69) is 26.1 Å². The van der Waals surface area contributed by atoms with E-state index < -0.39 is 6.03 Å². The topological polar surface area (TPSA) is 87.4 Å². The van der Waals surface area contributed by atoms with Crippen LogP contribution in [0.3, 0.4) is 0 Å². The summed E-state index contributed by atoms with van der Waals surface area (Å²) in [7, 11) is 4.08. The molecule has 1 heterocycles. The van der Waals surface area contributed by atoms with E-state index in [9.17, 15) is 4.79 Å². The number of hydrogen-bond donors (Lipinski definition) is 2. The van der Waals surface area contributed by atoms with Crippen molar-refractivity contribution in [1.82, 2.24) is 9.97 Å². The number of carbonyl (C=O) groups is 1. The molecule has 0 unspecified atom stereocenters. The molecule has 1 aromatic heterocycles. The van der Waals surface area contributed by atoms with Crippen LogP contribution in [0.2, 0.25) is 5.02 Å². The van der Waals surface area contributed by atoms with Gasteiger partial charge in [0, 0.05) is 36.2 Å². The first-order chi connectivity index (χ1) is 15.3. The molecule has 2 aromatic rings. The molecule has 0 bridgehead atoms. The molecule has 0 atom stereocenters. The summed E-state index contributed by atoms with van der Waals surface area (Å²) in [5.74, 6) is 1.73. The minimum Gasteiger partial charge on any atom is -0.362 e. The summed E-state index contributed by atoms with van der Waals surface area (Å²) in [6, 6.07) is 5.31. The van der Waals surface area contributed by atoms with Crippen LogP contribution in [0.15, 0.2) is 22.7 Å². The van der Waals surface area contributed by atoms with Crippen LogP contribution < -0.4 is 20.9 Å². The van der Waals surface area contributed by atoms with Crippen molar-refractivity contribution in [1.29, 1.82) is 0 Å². The summed E-state index contributed by atoms with van der Waals surface area (Å²) in [5, 5.41) is 4.07. The maximum atomic E-state index is 12.3. The molecular formula is C23H30BrClN6O. The fourth-order valence-electron chi connectivity index (χ4n) is 4.84. The average Bonchev–Trinajstić information content (AvgIpc) is 2.76. The van der Waals surface area contributed by atoms with Crippen LogP contribution in [0.1, 0.15) is 49.8 Å². The van der Waals surface area contributed by atoms with Crippen LogP contribution in [0.4, 0.5) is 22.2 Å². The summed E-state index contributed by atoms with van der Waals surface area (Å²) >= 11 is 9.82. The third kappa shape index (κ3) is 4.96. The van der Waals surface area contributed by atoms with E-state index >= 15 is 0 Å². The molecule has 4 rings (SSSR count). The molecule has 1 saturated carbocycles. The number of fused-ring (bicyclic) bond motifs is 1. The van der Waals surface area contributed by atoms with E-state index in [1.807, 2.05) is 26.2 Å². The Morgan fingerprint density at radius 1 is 1.16 bits per heavy atom. The molecule has 2 aliphatic carbocycles. The normalized spacial score (nSPS) is 20.4. The molecule has 1 fully saturated rings. The lowest BCUT2D eigenvalue weighted by Gasteiger charge is -2.36. The largest absolute Gasteiger partial charge is 0.362 e. The number of nitrogens with one attached hydrogen (secondary N) is 1. The molecule has 2 amide bonds. The van der Waals surface area contributed by atoms with Crippen molar-refractivity contribution in [3.63, 3.8) is 0 Å². The summed E-state index contributed by atoms with van der Waals surface area (Å²) in [6.45, 7) is 0. The lowest BCUT2D eigenvalue weighted by molar-refractivity contribution is 0.248. The standard InChI is InChI=1S/C23H30BrClN6O/c1-30(2)21-17-5-3-4-6-19(17)28-23(29-21)27-15-8-10-16(11-9-15)31(22(26)32)20-12-7-14(24)13-18(20)25/h7,12-13,15-16H,3-6,8-11H2,1-2H3,(H2,26,32)(H,27,28,29)/t15-,16+. The van der Waals surface area contributed by atoms with Crippen LogP contribution in [-0.4, -0.2) is 42.2 Å². The number of halogens is 2. The molecule has 7 nitrogen and oxygen atoms in total. The number of aromatic nitrogens is 2. The predicted molar refractivity (Wildman–Crippen MR) is 134 cm³/mol. The highest BCUT2D eigenvalue weighted by atomic mass is 79.9. The maximum absolute atomic E-state index is 12.3. The Hall–Kier alpha value is -2.06. The number of benzene rings is 1. The first-order valence-electron chi connectivity index (χ1n) is 11.2. The van der Waals surface area contributed by atoms with Gasteiger partial charge in [-0.2, -0.15) is 4.98 Å². The number of nitrogens with zero attached hydrogens (tertiary/aromatic N) is 4. The number of urea groups is 1. The van der Waals surface area contributed by atoms with Crippen molar-refractivity contribution < 1.29 is 4.79 Å². The number of anilines is 3. The number of amides is 2. The quantitative estimate of drug-likeness (QED) is 0.568. The predicted octanol–water partition coefficient (Wildman–Crippen LogP) is 5.15. The van der Waals surface area contributed by atoms with Gasteiger partial charge in [-0.15, -0.1) is 0 Å². The number of primary amides is 1. The average molecular weight is 522 g/mol. The minimum absolute atomic E-state index is 0.0195. The fraction of sp³-hybridized carbons (Fsp3) is 0.522. The second kappa shape index (κ2) is 9.83. The van der Waals surface area contributed by atoms with Crippen LogP contribution in [0, 0.1) is 0 Å². The van der Waals surface area contributed by atoms with Gasteiger partial charge in [-0.3, -0.25) is 4.90 Å². The zero-order chi connectivity index (χ0) is 22.8. The van der Waals surface area contributed by atoms with Crippen molar-refractivity contribution in [2.24, 2.45) is 5.73 Å². The van der Waals surface area contributed by atoms with Crippen LogP contribution in [0.25, 0.3) is 0 Å². The minimum atomic E-state index is -0.473. The molecule has 32 heavy (non-hydrogen) atoms. The Morgan fingerprint density at radius 2 is 1.88 bits per heavy atom. The SMILES string of the molecule is CN(C)c1nc(N[C@H]2CC[C@@H](N(C(N)=O)c3ccc(Br)cc3Cl)CC2)nc2c1CCCC2. The van der Waals surface area contributed by atoms with Crippen molar-refractivity contribution in [3.8, 4) is 0 Å². The molecule has 0 aliphatic heterocycles. The highest BCUT2D eigenvalue weighted by Crippen LogP contribution is 2.35. The van der Waals surface area contributed by atoms with Gasteiger partial charge >= 0.3 is 6.03 Å². The van der Waals surface area contributed by atoms with E-state index in [4.69, 9.17) is 27.3 Å². The summed E-state index contributed by atoms with van der Waals surface area (Å²) < 4.78 is 0.866. The summed E-state index contributed by atoms with van der Waals surface area (Å²) in [6.07, 6.45) is 7.92. The Morgan fingerprint density at radius 3 is 2.53 bits per heavy atom. The first-order valence-corrected chi connectivity index (χ1v) is 12.4. The number of aryl methyl sites for hydroxylation is 1. The summed E-state index contributed by atoms with van der Waals surface area (Å²) in [5.41, 5.74) is 8.88. The van der Waals surface area contributed by atoms with Crippen molar-refractivity contribution in [2.75, 3.05) is 29.2 Å². The smallest absolute Gasteiger partial charge is 0.319 e. The Bertz CT molecular complexity index is 993. The van der Waals surface area contributed by atoms with Gasteiger partial charge in [0.2, 0.25) is 5.95 Å². The molecular weight excluding hydrogens is 492 g/mol. The van der Waals surface area contributed by atoms with E-state index in [0.29, 0.717) is 16.7 Å². The van der Waals surface area contributed by atoms with Gasteiger partial charge < -0.3 is 16.0 Å². The van der Waals surface area contributed by atoms with Crippen molar-refractivity contribution in [2.45, 2.75) is 63.5 Å². The van der Waals surface area contributed by atoms with Crippen LogP contribution >= 0.6 is 27.5 Å². The number of hydrogen-bond acceptors (Lipinski definition) is 5. The third-order valence-electron chi connectivity index (χ3n) is 6.39. The molecule has 0 spiro atoms. The van der Waals surface area contributed by atoms with Gasteiger partial charge in [-0.25, -0.2) is 9.78 Å². The van der Waals surface area contributed by atoms with Crippen LogP contribution in [0.5, 0.6) is 0 Å². The molecule has 1 aromatic carbocycles. The highest BCUT2D eigenvalue weighted by molar-refractivity contribution is 9.10. The molecule has 9 heteroatoms. The second-order valence-corrected chi connectivity index (χ2v) is 10.2. The third-order valence-corrected chi connectivity index (χ3v) is 7.18. The van der Waals surface area contributed by atoms with Gasteiger partial charge in [0.1, 0.15) is 5.82 Å². The van der Waals surface area contributed by atoms with Gasteiger partial charge in [-0.1, -0.05) is 27.5 Å². The lowest BCUT2D eigenvalue weighted by atomic mass is 9.90. The molecule has 2 aliphatic rings. The highest BCUT2D eigenvalue weighted by Gasteiger charge is 2.31. The fourth-order valence-corrected chi connectivity index (χ4v) is 5.61. The Balaban J connectivity index is 1.46. The van der Waals surface area contributed by atoms with Gasteiger partial charge in [0.15, 0.2) is 0 Å². The maximum Gasteiger partial charge on any atom is 0.319 e. The van der Waals surface area contributed by atoms with Crippen LogP contribution in [-0.2, 0) is 12.8 Å². The number of nitrogens with two attached hydrogens (primary N) is 1. The van der Waals surface area contributed by atoms with Crippen molar-refractivity contribution in [3.05, 3.63) is 39.0 Å². The zero-order valence-electron chi connectivity index (χ0n) is 18.6. The van der Waals surface area contributed by atoms with E-state index in [1.165, 1.54) is 24.1 Å². The van der Waals surface area contributed by atoms with E-state index in [1.54, 1.807) is 11.0 Å². The van der Waals surface area contributed by atoms with Crippen molar-refractivity contribution >= 4 is 51.0 Å². The zero-order valence-corrected chi connectivity index (χ0v) is 20.9. The molecule has 172 valence electrons. The Kier molecular flexibility index (Phi) is 7.10. The molecule has 0 saturated heterocycles. The second-order valence-electron chi connectivity index (χ2n) is 8.85. The number of rotatable bonds is 5. The number of carbonyl (C=O) groups excluding carboxylic acids is 1. The molecule has 3 N–H and O–H groups in total. The van der Waals surface area contributed by atoms with E-state index in [-0.39, 0.29) is 12.1 Å². The Labute approximate surface area is 202 Å². The lowest BCUT2D eigenvalue weighted by Crippen LogP contribution is -2.47. The first kappa shape index (κ1) is 23.1.